The summed E-state index contributed by atoms with van der Waals surface area (Å²) in [6, 6.07) is 12.2. The first-order valence-electron chi connectivity index (χ1n) is 5.96. The lowest BCUT2D eigenvalue weighted by atomic mass is 10.1. The Morgan fingerprint density at radius 3 is 2.44 bits per heavy atom. The maximum absolute atomic E-state index is 5.92. The van der Waals surface area contributed by atoms with E-state index in [-0.39, 0.29) is 0 Å². The van der Waals surface area contributed by atoms with Crippen LogP contribution < -0.4 is 5.73 Å². The van der Waals surface area contributed by atoms with Crippen LogP contribution in [0.1, 0.15) is 11.1 Å². The number of rotatable bonds is 1. The molecule has 1 heterocycles. The molecule has 0 aliphatic rings. The van der Waals surface area contributed by atoms with Crippen molar-refractivity contribution in [3.05, 3.63) is 47.5 Å². The van der Waals surface area contributed by atoms with Gasteiger partial charge in [-0.05, 0) is 38.1 Å². The van der Waals surface area contributed by atoms with Crippen LogP contribution in [0, 0.1) is 13.8 Å². The van der Waals surface area contributed by atoms with Crippen LogP contribution in [0.2, 0.25) is 0 Å². The molecular formula is C15H15N3. The molecule has 0 unspecified atom stereocenters. The second-order valence-electron chi connectivity index (χ2n) is 4.71. The van der Waals surface area contributed by atoms with Gasteiger partial charge in [-0.3, -0.25) is 0 Å². The van der Waals surface area contributed by atoms with Gasteiger partial charge in [-0.15, -0.1) is 0 Å². The Hall–Kier alpha value is -2.29. The van der Waals surface area contributed by atoms with Gasteiger partial charge in [-0.1, -0.05) is 23.3 Å². The van der Waals surface area contributed by atoms with Gasteiger partial charge < -0.3 is 10.7 Å². The number of nitrogen functional groups attached to an aromatic ring is 1. The SMILES string of the molecule is Cc1cc(C)cc(-c2nc3c(N)cccc3[nH]2)c1. The minimum Gasteiger partial charge on any atom is -0.397 e. The smallest absolute Gasteiger partial charge is 0.138 e. The van der Waals surface area contributed by atoms with E-state index in [4.69, 9.17) is 5.73 Å². The van der Waals surface area contributed by atoms with Gasteiger partial charge in [0.05, 0.1) is 11.2 Å². The zero-order chi connectivity index (χ0) is 12.7. The highest BCUT2D eigenvalue weighted by Crippen LogP contribution is 2.25. The van der Waals surface area contributed by atoms with E-state index in [0.29, 0.717) is 5.69 Å². The average molecular weight is 237 g/mol. The molecule has 0 radical (unpaired) electrons. The van der Waals surface area contributed by atoms with Crippen LogP contribution in [-0.4, -0.2) is 9.97 Å². The summed E-state index contributed by atoms with van der Waals surface area (Å²) in [6.45, 7) is 4.18. The third kappa shape index (κ3) is 1.74. The fourth-order valence-electron chi connectivity index (χ4n) is 2.30. The highest BCUT2D eigenvalue weighted by atomic mass is 14.9. The van der Waals surface area contributed by atoms with Crippen LogP contribution in [0.3, 0.4) is 0 Å². The maximum atomic E-state index is 5.92. The number of H-pyrrole nitrogens is 1. The number of imidazole rings is 1. The molecule has 0 aliphatic carbocycles. The summed E-state index contributed by atoms with van der Waals surface area (Å²) in [5.41, 5.74) is 12.0. The summed E-state index contributed by atoms with van der Waals surface area (Å²) in [5.74, 6) is 0.870. The second-order valence-corrected chi connectivity index (χ2v) is 4.71. The van der Waals surface area contributed by atoms with Crippen molar-refractivity contribution in [2.75, 3.05) is 5.73 Å². The Morgan fingerprint density at radius 1 is 1.06 bits per heavy atom. The number of benzene rings is 2. The van der Waals surface area contributed by atoms with E-state index >= 15 is 0 Å². The molecule has 3 aromatic rings. The summed E-state index contributed by atoms with van der Waals surface area (Å²) in [6.07, 6.45) is 0. The predicted octanol–water partition coefficient (Wildman–Crippen LogP) is 3.43. The Bertz CT molecular complexity index is 705. The normalized spacial score (nSPS) is 11.0. The molecule has 0 fully saturated rings. The number of hydrogen-bond donors (Lipinski definition) is 2. The molecule has 0 atom stereocenters. The quantitative estimate of drug-likeness (QED) is 0.637. The van der Waals surface area contributed by atoms with Crippen LogP contribution in [0.25, 0.3) is 22.4 Å². The highest BCUT2D eigenvalue weighted by molar-refractivity contribution is 5.89. The predicted molar refractivity (Wildman–Crippen MR) is 75.4 cm³/mol. The minimum absolute atomic E-state index is 0.708. The van der Waals surface area contributed by atoms with E-state index in [1.807, 2.05) is 18.2 Å². The van der Waals surface area contributed by atoms with Crippen molar-refractivity contribution in [2.45, 2.75) is 13.8 Å². The molecule has 0 amide bonds. The third-order valence-electron chi connectivity index (χ3n) is 3.04. The van der Waals surface area contributed by atoms with Crippen LogP contribution in [-0.2, 0) is 0 Å². The molecule has 3 nitrogen and oxygen atoms in total. The Balaban J connectivity index is 2.22. The third-order valence-corrected chi connectivity index (χ3v) is 3.04. The van der Waals surface area contributed by atoms with Gasteiger partial charge in [0.1, 0.15) is 11.3 Å². The molecule has 0 saturated heterocycles. The standard InChI is InChI=1S/C15H15N3/c1-9-6-10(2)8-11(7-9)15-17-13-5-3-4-12(16)14(13)18-15/h3-8H,16H2,1-2H3,(H,17,18). The topological polar surface area (TPSA) is 54.7 Å². The van der Waals surface area contributed by atoms with Crippen molar-refractivity contribution in [1.29, 1.82) is 0 Å². The monoisotopic (exact) mass is 237 g/mol. The molecule has 0 aliphatic heterocycles. The fourth-order valence-corrected chi connectivity index (χ4v) is 2.30. The zero-order valence-electron chi connectivity index (χ0n) is 10.5. The van der Waals surface area contributed by atoms with Crippen molar-refractivity contribution in [2.24, 2.45) is 0 Å². The number of hydrogen-bond acceptors (Lipinski definition) is 2. The van der Waals surface area contributed by atoms with Gasteiger partial charge in [0, 0.05) is 5.56 Å². The Labute approximate surface area is 106 Å². The molecule has 3 rings (SSSR count). The maximum Gasteiger partial charge on any atom is 0.138 e. The number of nitrogens with two attached hydrogens (primary N) is 1. The summed E-state index contributed by atoms with van der Waals surface area (Å²) < 4.78 is 0. The molecule has 1 aromatic heterocycles. The van der Waals surface area contributed by atoms with Gasteiger partial charge in [0.15, 0.2) is 0 Å². The first-order valence-corrected chi connectivity index (χ1v) is 5.96. The Kier molecular flexibility index (Phi) is 2.33. The van der Waals surface area contributed by atoms with Crippen molar-refractivity contribution in [1.82, 2.24) is 9.97 Å². The molecule has 18 heavy (non-hydrogen) atoms. The van der Waals surface area contributed by atoms with E-state index in [0.717, 1.165) is 22.4 Å². The molecule has 3 heteroatoms. The number of aromatic amines is 1. The van der Waals surface area contributed by atoms with Crippen molar-refractivity contribution in [3.63, 3.8) is 0 Å². The molecule has 90 valence electrons. The number of para-hydroxylation sites is 1. The lowest BCUT2D eigenvalue weighted by molar-refractivity contribution is 1.30. The van der Waals surface area contributed by atoms with Crippen LogP contribution >= 0.6 is 0 Å². The molecule has 3 N–H and O–H groups in total. The minimum atomic E-state index is 0.708. The van der Waals surface area contributed by atoms with Crippen molar-refractivity contribution in [3.8, 4) is 11.4 Å². The lowest BCUT2D eigenvalue weighted by Crippen LogP contribution is -1.86. The van der Waals surface area contributed by atoms with Crippen molar-refractivity contribution < 1.29 is 0 Å². The van der Waals surface area contributed by atoms with E-state index in [2.05, 4.69) is 42.0 Å². The molecular weight excluding hydrogens is 222 g/mol. The lowest BCUT2D eigenvalue weighted by Gasteiger charge is -2.01. The molecule has 0 saturated carbocycles. The van der Waals surface area contributed by atoms with E-state index in [1.54, 1.807) is 0 Å². The van der Waals surface area contributed by atoms with Crippen LogP contribution in [0.5, 0.6) is 0 Å². The molecule has 0 spiro atoms. The van der Waals surface area contributed by atoms with Crippen LogP contribution in [0.4, 0.5) is 5.69 Å². The van der Waals surface area contributed by atoms with Gasteiger partial charge in [-0.25, -0.2) is 4.98 Å². The molecule has 0 bridgehead atoms. The zero-order valence-corrected chi connectivity index (χ0v) is 10.5. The number of nitrogens with one attached hydrogen (secondary N) is 1. The number of nitrogens with zero attached hydrogens (tertiary/aromatic N) is 1. The molecule has 2 aromatic carbocycles. The number of aryl methyl sites for hydroxylation is 2. The summed E-state index contributed by atoms with van der Waals surface area (Å²) in [7, 11) is 0. The average Bonchev–Trinajstić information content (AvgIpc) is 2.73. The summed E-state index contributed by atoms with van der Waals surface area (Å²) >= 11 is 0. The number of aromatic nitrogens is 2. The van der Waals surface area contributed by atoms with Gasteiger partial charge in [0.25, 0.3) is 0 Å². The first-order chi connectivity index (χ1) is 8.63. The highest BCUT2D eigenvalue weighted by Gasteiger charge is 2.07. The van der Waals surface area contributed by atoms with E-state index in [9.17, 15) is 0 Å². The second kappa shape index (κ2) is 3.88. The Morgan fingerprint density at radius 2 is 1.78 bits per heavy atom. The van der Waals surface area contributed by atoms with Gasteiger partial charge in [0.2, 0.25) is 0 Å². The van der Waals surface area contributed by atoms with Gasteiger partial charge >= 0.3 is 0 Å². The van der Waals surface area contributed by atoms with Crippen molar-refractivity contribution >= 4 is 16.7 Å². The van der Waals surface area contributed by atoms with Gasteiger partial charge in [-0.2, -0.15) is 0 Å². The first kappa shape index (κ1) is 10.8. The number of fused-ring (bicyclic) bond motifs is 1. The summed E-state index contributed by atoms with van der Waals surface area (Å²) in [5, 5.41) is 0. The van der Waals surface area contributed by atoms with E-state index in [1.165, 1.54) is 11.1 Å². The van der Waals surface area contributed by atoms with E-state index < -0.39 is 0 Å². The van der Waals surface area contributed by atoms with Crippen LogP contribution in [0.15, 0.2) is 36.4 Å². The largest absolute Gasteiger partial charge is 0.397 e. The fraction of sp³-hybridized carbons (Fsp3) is 0.133. The summed E-state index contributed by atoms with van der Waals surface area (Å²) in [4.78, 5) is 7.90. The number of anilines is 1.